The normalized spacial score (nSPS) is 22.0. The van der Waals surface area contributed by atoms with E-state index in [1.165, 1.54) is 24.0 Å². The van der Waals surface area contributed by atoms with Crippen molar-refractivity contribution in [2.75, 3.05) is 6.54 Å². The molecule has 116 valence electrons. The van der Waals surface area contributed by atoms with Crippen LogP contribution in [0.25, 0.3) is 0 Å². The van der Waals surface area contributed by atoms with E-state index in [9.17, 15) is 4.79 Å². The number of aryl methyl sites for hydroxylation is 1. The minimum Gasteiger partial charge on any atom is -0.322 e. The highest BCUT2D eigenvalue weighted by Gasteiger charge is 2.38. The third-order valence-corrected chi connectivity index (χ3v) is 4.19. The quantitative estimate of drug-likeness (QED) is 0.774. The van der Waals surface area contributed by atoms with Gasteiger partial charge in [-0.15, -0.1) is 0 Å². The highest BCUT2D eigenvalue weighted by atomic mass is 16.2. The summed E-state index contributed by atoms with van der Waals surface area (Å²) in [5, 5.41) is 3.54. The predicted octanol–water partition coefficient (Wildman–Crippen LogP) is 3.78. The van der Waals surface area contributed by atoms with Gasteiger partial charge in [0, 0.05) is 6.54 Å². The Hall–Kier alpha value is -1.35. The zero-order valence-corrected chi connectivity index (χ0v) is 13.6. The van der Waals surface area contributed by atoms with Gasteiger partial charge in [0.2, 0.25) is 5.91 Å². The fourth-order valence-corrected chi connectivity index (χ4v) is 3.06. The lowest BCUT2D eigenvalue weighted by Gasteiger charge is -2.24. The number of hydrogen-bond donors (Lipinski definition) is 1. The molecule has 3 heteroatoms. The van der Waals surface area contributed by atoms with Crippen LogP contribution in [0.4, 0.5) is 0 Å². The fraction of sp³-hybridized carbons (Fsp3) is 0.611. The molecule has 0 aromatic heterocycles. The lowest BCUT2D eigenvalue weighted by atomic mass is 10.1. The molecule has 2 rings (SSSR count). The maximum absolute atomic E-state index is 12.6. The van der Waals surface area contributed by atoms with Crippen LogP contribution in [-0.4, -0.2) is 23.4 Å². The molecule has 1 aromatic rings. The molecule has 0 bridgehead atoms. The summed E-state index contributed by atoms with van der Waals surface area (Å²) in [5.41, 5.74) is 2.45. The summed E-state index contributed by atoms with van der Waals surface area (Å²) in [6.45, 7) is 7.29. The number of carbonyl (C=O) groups excluding carboxylic acids is 1. The molecule has 1 saturated heterocycles. The minimum absolute atomic E-state index is 0.0119. The molecular formula is C18H28N2O. The number of nitrogens with zero attached hydrogens (tertiary/aromatic N) is 1. The van der Waals surface area contributed by atoms with Gasteiger partial charge in [0.15, 0.2) is 0 Å². The van der Waals surface area contributed by atoms with E-state index in [-0.39, 0.29) is 18.1 Å². The number of unbranched alkanes of at least 4 members (excludes halogenated alkanes) is 2. The molecule has 2 unspecified atom stereocenters. The van der Waals surface area contributed by atoms with Gasteiger partial charge in [-0.1, -0.05) is 62.9 Å². The summed E-state index contributed by atoms with van der Waals surface area (Å²) in [7, 11) is 0. The van der Waals surface area contributed by atoms with E-state index in [2.05, 4.69) is 50.4 Å². The van der Waals surface area contributed by atoms with Crippen LogP contribution in [0.5, 0.6) is 0 Å². The molecule has 0 aliphatic carbocycles. The smallest absolute Gasteiger partial charge is 0.241 e. The molecule has 1 N–H and O–H groups in total. The molecule has 1 aliphatic heterocycles. The Labute approximate surface area is 128 Å². The molecule has 2 atom stereocenters. The second-order valence-corrected chi connectivity index (χ2v) is 6.06. The van der Waals surface area contributed by atoms with E-state index in [0.29, 0.717) is 0 Å². The van der Waals surface area contributed by atoms with Gasteiger partial charge in [0.1, 0.15) is 6.17 Å². The number of carbonyl (C=O) groups is 1. The standard InChI is InChI=1S/C18H28N2O/c1-4-6-7-12-20-17(15-11-8-10-14(3)13-15)19-16(9-5-2)18(20)21/h8,10-11,13,16-17,19H,4-7,9,12H2,1-3H3. The van der Waals surface area contributed by atoms with E-state index in [0.717, 1.165) is 25.8 Å². The van der Waals surface area contributed by atoms with Crippen molar-refractivity contribution in [3.63, 3.8) is 0 Å². The van der Waals surface area contributed by atoms with Gasteiger partial charge in [0.05, 0.1) is 6.04 Å². The van der Waals surface area contributed by atoms with Gasteiger partial charge in [0.25, 0.3) is 0 Å². The summed E-state index contributed by atoms with van der Waals surface area (Å²) in [6, 6.07) is 8.48. The van der Waals surface area contributed by atoms with E-state index in [1.54, 1.807) is 0 Å². The van der Waals surface area contributed by atoms with Crippen LogP contribution in [0.2, 0.25) is 0 Å². The molecule has 1 aliphatic rings. The molecule has 1 fully saturated rings. The molecule has 1 heterocycles. The predicted molar refractivity (Wildman–Crippen MR) is 87.0 cm³/mol. The Bertz CT molecular complexity index is 472. The Balaban J connectivity index is 2.16. The largest absolute Gasteiger partial charge is 0.322 e. The van der Waals surface area contributed by atoms with Crippen LogP contribution in [0.3, 0.4) is 0 Å². The van der Waals surface area contributed by atoms with Crippen LogP contribution >= 0.6 is 0 Å². The van der Waals surface area contributed by atoms with Gasteiger partial charge in [-0.2, -0.15) is 0 Å². The van der Waals surface area contributed by atoms with Crippen molar-refractivity contribution in [3.8, 4) is 0 Å². The maximum Gasteiger partial charge on any atom is 0.241 e. The fourth-order valence-electron chi connectivity index (χ4n) is 3.06. The van der Waals surface area contributed by atoms with Crippen molar-refractivity contribution in [1.82, 2.24) is 10.2 Å². The van der Waals surface area contributed by atoms with Crippen molar-refractivity contribution in [1.29, 1.82) is 0 Å². The van der Waals surface area contributed by atoms with E-state index in [4.69, 9.17) is 0 Å². The molecule has 1 amide bonds. The topological polar surface area (TPSA) is 32.3 Å². The monoisotopic (exact) mass is 288 g/mol. The molecule has 0 saturated carbocycles. The van der Waals surface area contributed by atoms with Crippen molar-refractivity contribution < 1.29 is 4.79 Å². The number of hydrogen-bond acceptors (Lipinski definition) is 2. The molecule has 3 nitrogen and oxygen atoms in total. The summed E-state index contributed by atoms with van der Waals surface area (Å²) < 4.78 is 0. The maximum atomic E-state index is 12.6. The Morgan fingerprint density at radius 3 is 2.67 bits per heavy atom. The number of rotatable bonds is 7. The molecule has 21 heavy (non-hydrogen) atoms. The van der Waals surface area contributed by atoms with Gasteiger partial charge < -0.3 is 4.90 Å². The molecule has 0 spiro atoms. The average molecular weight is 288 g/mol. The third kappa shape index (κ3) is 3.85. The molecule has 0 radical (unpaired) electrons. The van der Waals surface area contributed by atoms with Crippen LogP contribution in [0.15, 0.2) is 24.3 Å². The molecular weight excluding hydrogens is 260 g/mol. The van der Waals surface area contributed by atoms with Gasteiger partial charge in [-0.3, -0.25) is 10.1 Å². The van der Waals surface area contributed by atoms with Crippen molar-refractivity contribution in [2.24, 2.45) is 0 Å². The molecule has 1 aromatic carbocycles. The van der Waals surface area contributed by atoms with E-state index < -0.39 is 0 Å². The van der Waals surface area contributed by atoms with Crippen molar-refractivity contribution in [3.05, 3.63) is 35.4 Å². The van der Waals surface area contributed by atoms with Gasteiger partial charge in [-0.25, -0.2) is 0 Å². The summed E-state index contributed by atoms with van der Waals surface area (Å²) >= 11 is 0. The second-order valence-electron chi connectivity index (χ2n) is 6.06. The highest BCUT2D eigenvalue weighted by Crippen LogP contribution is 2.28. The SMILES string of the molecule is CCCCCN1C(=O)C(CCC)NC1c1cccc(C)c1. The van der Waals surface area contributed by atoms with Crippen molar-refractivity contribution in [2.45, 2.75) is 65.1 Å². The minimum atomic E-state index is -0.0119. The van der Waals surface area contributed by atoms with Crippen LogP contribution in [-0.2, 0) is 4.79 Å². The highest BCUT2D eigenvalue weighted by molar-refractivity contribution is 5.84. The Morgan fingerprint density at radius 2 is 2.00 bits per heavy atom. The first kappa shape index (κ1) is 16.0. The first-order valence-electron chi connectivity index (χ1n) is 8.30. The number of amides is 1. The number of nitrogens with one attached hydrogen (secondary N) is 1. The first-order valence-corrected chi connectivity index (χ1v) is 8.30. The first-order chi connectivity index (χ1) is 10.2. The zero-order chi connectivity index (χ0) is 15.2. The lowest BCUT2D eigenvalue weighted by Crippen LogP contribution is -2.32. The third-order valence-electron chi connectivity index (χ3n) is 4.19. The van der Waals surface area contributed by atoms with Gasteiger partial charge in [-0.05, 0) is 25.3 Å². The zero-order valence-electron chi connectivity index (χ0n) is 13.6. The van der Waals surface area contributed by atoms with Crippen LogP contribution < -0.4 is 5.32 Å². The summed E-state index contributed by atoms with van der Waals surface area (Å²) in [4.78, 5) is 14.7. The average Bonchev–Trinajstić information content (AvgIpc) is 2.77. The van der Waals surface area contributed by atoms with Gasteiger partial charge >= 0.3 is 0 Å². The summed E-state index contributed by atoms with van der Waals surface area (Å²) in [6.07, 6.45) is 5.46. The number of benzene rings is 1. The van der Waals surface area contributed by atoms with E-state index >= 15 is 0 Å². The lowest BCUT2D eigenvalue weighted by molar-refractivity contribution is -0.130. The van der Waals surface area contributed by atoms with Crippen molar-refractivity contribution >= 4 is 5.91 Å². The second kappa shape index (κ2) is 7.60. The summed E-state index contributed by atoms with van der Waals surface area (Å²) in [5.74, 6) is 0.277. The van der Waals surface area contributed by atoms with E-state index in [1.807, 2.05) is 4.90 Å². The Kier molecular flexibility index (Phi) is 5.80. The Morgan fingerprint density at radius 1 is 1.19 bits per heavy atom. The van der Waals surface area contributed by atoms with Crippen LogP contribution in [0.1, 0.15) is 63.2 Å². The van der Waals surface area contributed by atoms with Crippen LogP contribution in [0, 0.1) is 6.92 Å².